The van der Waals surface area contributed by atoms with Gasteiger partial charge >= 0.3 is 0 Å². The molecule has 0 aromatic heterocycles. The maximum Gasteiger partial charge on any atom is 0.256 e. The van der Waals surface area contributed by atoms with E-state index in [1.54, 1.807) is 48.4 Å². The number of hydrogen-bond acceptors (Lipinski definition) is 4. The highest BCUT2D eigenvalue weighted by Crippen LogP contribution is 2.30. The molecular formula is C25H21ClIN3O3S. The summed E-state index contributed by atoms with van der Waals surface area (Å²) in [4.78, 5) is 29.7. The van der Waals surface area contributed by atoms with Gasteiger partial charge in [0.25, 0.3) is 5.91 Å². The Balaban J connectivity index is 1.59. The van der Waals surface area contributed by atoms with Gasteiger partial charge in [0.15, 0.2) is 5.11 Å². The largest absolute Gasteiger partial charge is 0.497 e. The molecule has 0 bridgehead atoms. The van der Waals surface area contributed by atoms with Crippen molar-refractivity contribution in [2.24, 2.45) is 0 Å². The molecule has 34 heavy (non-hydrogen) atoms. The number of rotatable bonds is 7. The van der Waals surface area contributed by atoms with Gasteiger partial charge in [0, 0.05) is 20.8 Å². The molecule has 0 radical (unpaired) electrons. The molecule has 1 aliphatic heterocycles. The molecule has 3 aromatic rings. The van der Waals surface area contributed by atoms with E-state index in [0.717, 1.165) is 9.13 Å². The van der Waals surface area contributed by atoms with E-state index in [4.69, 9.17) is 28.6 Å². The van der Waals surface area contributed by atoms with Gasteiger partial charge in [0.2, 0.25) is 5.91 Å². The van der Waals surface area contributed by atoms with E-state index in [1.165, 1.54) is 4.90 Å². The number of carbonyl (C=O) groups excluding carboxylic acids is 2. The lowest BCUT2D eigenvalue weighted by Crippen LogP contribution is -2.37. The molecule has 2 amide bonds. The quantitative estimate of drug-likeness (QED) is 0.285. The summed E-state index contributed by atoms with van der Waals surface area (Å²) in [6.45, 7) is 0.371. The monoisotopic (exact) mass is 605 g/mol. The molecule has 1 N–H and O–H groups in total. The Morgan fingerprint density at radius 2 is 1.71 bits per heavy atom. The zero-order valence-electron chi connectivity index (χ0n) is 18.2. The molecule has 1 fully saturated rings. The SMILES string of the molecule is COc1ccc(N2C(=O)C(CC(=O)Nc3ccc(I)cc3)N(Cc3ccc(Cl)cc3)C2=S)cc1. The number of methoxy groups -OCH3 is 1. The second kappa shape index (κ2) is 10.7. The van der Waals surface area contributed by atoms with Crippen molar-refractivity contribution in [3.8, 4) is 5.75 Å². The van der Waals surface area contributed by atoms with Gasteiger partial charge in [0.05, 0.1) is 19.2 Å². The molecule has 3 aromatic carbocycles. The lowest BCUT2D eigenvalue weighted by Gasteiger charge is -2.24. The second-order valence-corrected chi connectivity index (χ2v) is 9.73. The van der Waals surface area contributed by atoms with E-state index < -0.39 is 6.04 Å². The fourth-order valence-electron chi connectivity index (χ4n) is 3.69. The summed E-state index contributed by atoms with van der Waals surface area (Å²) in [5.41, 5.74) is 2.23. The van der Waals surface area contributed by atoms with Crippen LogP contribution in [0.25, 0.3) is 0 Å². The summed E-state index contributed by atoms with van der Waals surface area (Å²) in [6, 6.07) is 21.2. The van der Waals surface area contributed by atoms with Crippen molar-refractivity contribution in [3.63, 3.8) is 0 Å². The minimum absolute atomic E-state index is 0.0365. The van der Waals surface area contributed by atoms with Crippen molar-refractivity contribution >= 4 is 74.7 Å². The summed E-state index contributed by atoms with van der Waals surface area (Å²) in [7, 11) is 1.58. The molecule has 4 rings (SSSR count). The highest BCUT2D eigenvalue weighted by molar-refractivity contribution is 14.1. The van der Waals surface area contributed by atoms with Gasteiger partial charge in [0.1, 0.15) is 11.8 Å². The van der Waals surface area contributed by atoms with Gasteiger partial charge in [-0.3, -0.25) is 14.5 Å². The van der Waals surface area contributed by atoms with E-state index in [-0.39, 0.29) is 18.2 Å². The second-order valence-electron chi connectivity index (χ2n) is 7.68. The van der Waals surface area contributed by atoms with E-state index in [0.29, 0.717) is 33.8 Å². The predicted molar refractivity (Wildman–Crippen MR) is 146 cm³/mol. The van der Waals surface area contributed by atoms with Crippen LogP contribution in [0.3, 0.4) is 0 Å². The normalized spacial score (nSPS) is 15.6. The molecule has 1 heterocycles. The van der Waals surface area contributed by atoms with Gasteiger partial charge in [-0.1, -0.05) is 23.7 Å². The van der Waals surface area contributed by atoms with Gasteiger partial charge in [-0.2, -0.15) is 0 Å². The lowest BCUT2D eigenvalue weighted by atomic mass is 10.1. The summed E-state index contributed by atoms with van der Waals surface area (Å²) >= 11 is 14.0. The fourth-order valence-corrected chi connectivity index (χ4v) is 4.56. The molecule has 6 nitrogen and oxygen atoms in total. The van der Waals surface area contributed by atoms with Crippen molar-refractivity contribution < 1.29 is 14.3 Å². The summed E-state index contributed by atoms with van der Waals surface area (Å²) in [5.74, 6) is 0.162. The average molecular weight is 606 g/mol. The number of anilines is 2. The average Bonchev–Trinajstić information content (AvgIpc) is 3.06. The van der Waals surface area contributed by atoms with Crippen LogP contribution < -0.4 is 15.0 Å². The number of thiocarbonyl (C=S) groups is 1. The van der Waals surface area contributed by atoms with Crippen LogP contribution in [0.15, 0.2) is 72.8 Å². The van der Waals surface area contributed by atoms with Crippen molar-refractivity contribution in [1.29, 1.82) is 0 Å². The first-order valence-corrected chi connectivity index (χ1v) is 12.3. The third kappa shape index (κ3) is 5.51. The number of hydrogen-bond donors (Lipinski definition) is 1. The summed E-state index contributed by atoms with van der Waals surface area (Å²) in [6.07, 6.45) is -0.0365. The van der Waals surface area contributed by atoms with Crippen LogP contribution in [0.2, 0.25) is 5.02 Å². The Morgan fingerprint density at radius 1 is 1.06 bits per heavy atom. The zero-order valence-corrected chi connectivity index (χ0v) is 21.9. The van der Waals surface area contributed by atoms with Crippen LogP contribution in [0.1, 0.15) is 12.0 Å². The van der Waals surface area contributed by atoms with Crippen molar-refractivity contribution in [1.82, 2.24) is 4.90 Å². The van der Waals surface area contributed by atoms with E-state index in [9.17, 15) is 9.59 Å². The first-order chi connectivity index (χ1) is 16.4. The number of nitrogens with zero attached hydrogens (tertiary/aromatic N) is 2. The van der Waals surface area contributed by atoms with Crippen LogP contribution in [0.5, 0.6) is 5.75 Å². The number of benzene rings is 3. The smallest absolute Gasteiger partial charge is 0.256 e. The van der Waals surface area contributed by atoms with Crippen molar-refractivity contribution in [2.75, 3.05) is 17.3 Å². The highest BCUT2D eigenvalue weighted by atomic mass is 127. The molecule has 0 spiro atoms. The van der Waals surface area contributed by atoms with Gasteiger partial charge in [-0.25, -0.2) is 0 Å². The molecule has 1 unspecified atom stereocenters. The number of carbonyl (C=O) groups is 2. The Hall–Kier alpha value is -2.69. The van der Waals surface area contributed by atoms with Gasteiger partial charge in [-0.05, 0) is 101 Å². The zero-order chi connectivity index (χ0) is 24.2. The van der Waals surface area contributed by atoms with Crippen molar-refractivity contribution in [3.05, 3.63) is 87.0 Å². The molecule has 0 saturated carbocycles. The number of halogens is 2. The number of ether oxygens (including phenoxy) is 1. The Labute approximate surface area is 222 Å². The van der Waals surface area contributed by atoms with Gasteiger partial charge in [-0.15, -0.1) is 0 Å². The van der Waals surface area contributed by atoms with E-state index in [1.807, 2.05) is 36.4 Å². The molecule has 9 heteroatoms. The van der Waals surface area contributed by atoms with Crippen LogP contribution in [0.4, 0.5) is 11.4 Å². The van der Waals surface area contributed by atoms with Crippen LogP contribution >= 0.6 is 46.4 Å². The summed E-state index contributed by atoms with van der Waals surface area (Å²) < 4.78 is 6.29. The third-order valence-electron chi connectivity index (χ3n) is 5.42. The highest BCUT2D eigenvalue weighted by Gasteiger charge is 2.44. The third-order valence-corrected chi connectivity index (χ3v) is 6.81. The molecule has 1 atom stereocenters. The van der Waals surface area contributed by atoms with E-state index >= 15 is 0 Å². The summed E-state index contributed by atoms with van der Waals surface area (Å²) in [5, 5.41) is 3.84. The molecular weight excluding hydrogens is 585 g/mol. The minimum Gasteiger partial charge on any atom is -0.497 e. The maximum atomic E-state index is 13.5. The Bertz CT molecular complexity index is 1200. The molecule has 1 saturated heterocycles. The lowest BCUT2D eigenvalue weighted by molar-refractivity contribution is -0.124. The number of nitrogens with one attached hydrogen (secondary N) is 1. The molecule has 1 aliphatic rings. The first kappa shape index (κ1) is 24.4. The van der Waals surface area contributed by atoms with Crippen LogP contribution in [-0.4, -0.2) is 35.0 Å². The van der Waals surface area contributed by atoms with Crippen LogP contribution in [0, 0.1) is 3.57 Å². The Kier molecular flexibility index (Phi) is 7.70. The maximum absolute atomic E-state index is 13.5. The topological polar surface area (TPSA) is 61.9 Å². The Morgan fingerprint density at radius 3 is 2.32 bits per heavy atom. The van der Waals surface area contributed by atoms with Crippen LogP contribution in [-0.2, 0) is 16.1 Å². The van der Waals surface area contributed by atoms with Gasteiger partial charge < -0.3 is 15.0 Å². The minimum atomic E-state index is -0.742. The fraction of sp³-hybridized carbons (Fsp3) is 0.160. The van der Waals surface area contributed by atoms with E-state index in [2.05, 4.69) is 27.9 Å². The standard InChI is InChI=1S/C25H21ClIN3O3S/c1-33-21-12-10-20(11-13-21)30-24(32)22(14-23(31)28-19-8-6-18(27)7-9-19)29(25(30)34)15-16-2-4-17(26)5-3-16/h2-13,22H,14-15H2,1H3,(H,28,31). The molecule has 0 aliphatic carbocycles. The van der Waals surface area contributed by atoms with Crippen molar-refractivity contribution in [2.45, 2.75) is 19.0 Å². The number of amides is 2. The first-order valence-electron chi connectivity index (χ1n) is 10.4. The molecule has 174 valence electrons. The predicted octanol–water partition coefficient (Wildman–Crippen LogP) is 5.48.